The molecule has 4 aromatic heterocycles. The maximum atomic E-state index is 14.5. The molecule has 10 nitrogen and oxygen atoms in total. The number of allylic oxidation sites excluding steroid dienone is 4. The third-order valence-corrected chi connectivity index (χ3v) is 8.13. The topological polar surface area (TPSA) is 125 Å². The molecule has 0 radical (unpaired) electrons. The fourth-order valence-corrected chi connectivity index (χ4v) is 5.20. The molecule has 45 heavy (non-hydrogen) atoms. The van der Waals surface area contributed by atoms with Crippen LogP contribution in [0.2, 0.25) is 0 Å². The summed E-state index contributed by atoms with van der Waals surface area (Å²) in [5, 5.41) is 12.7. The van der Waals surface area contributed by atoms with Crippen molar-refractivity contribution in [3.63, 3.8) is 0 Å². The van der Waals surface area contributed by atoms with Gasteiger partial charge in [-0.25, -0.2) is 0 Å². The molecule has 3 N–H and O–H groups in total. The molecule has 0 saturated heterocycles. The van der Waals surface area contributed by atoms with Gasteiger partial charge in [0.1, 0.15) is 0 Å². The Morgan fingerprint density at radius 3 is 2.49 bits per heavy atom. The Labute approximate surface area is 265 Å². The molecule has 4 heterocycles. The Morgan fingerprint density at radius 1 is 1.04 bits per heavy atom. The van der Waals surface area contributed by atoms with Crippen LogP contribution in [0.1, 0.15) is 47.2 Å². The van der Waals surface area contributed by atoms with E-state index in [1.54, 1.807) is 27.7 Å². The number of hydrogen-bond donors (Lipinski definition) is 2. The Kier molecular flexibility index (Phi) is 8.60. The molecule has 1 aromatic carbocycles. The van der Waals surface area contributed by atoms with E-state index in [1.165, 1.54) is 4.52 Å². The average Bonchev–Trinajstić information content (AvgIpc) is 3.59. The number of benzene rings is 1. The van der Waals surface area contributed by atoms with Crippen molar-refractivity contribution in [3.8, 4) is 11.8 Å². The number of aryl methyl sites for hydroxylation is 1. The molecule has 0 aliphatic carbocycles. The summed E-state index contributed by atoms with van der Waals surface area (Å²) < 4.78 is 4.71. The summed E-state index contributed by atoms with van der Waals surface area (Å²) in [5.74, 6) is 5.81. The third kappa shape index (κ3) is 5.96. The van der Waals surface area contributed by atoms with Crippen LogP contribution < -0.4 is 16.6 Å². The van der Waals surface area contributed by atoms with Gasteiger partial charge in [-0.15, -0.1) is 0 Å². The van der Waals surface area contributed by atoms with Gasteiger partial charge in [0.25, 0.3) is 0 Å². The third-order valence-electron chi connectivity index (χ3n) is 8.13. The number of amides is 1. The van der Waals surface area contributed by atoms with Gasteiger partial charge >= 0.3 is 266 Å². The van der Waals surface area contributed by atoms with Gasteiger partial charge in [0.05, 0.1) is 0 Å². The monoisotopic (exact) mass is 590 g/mol. The van der Waals surface area contributed by atoms with Crippen LogP contribution in [0.3, 0.4) is 0 Å². The zero-order valence-electron chi connectivity index (χ0n) is 26.6. The SMILES string of the molecule is B=C(/C(B)=C(B)\C(B)=C(\B)C)n1c(C(C)NC(=O)c2c(N)nn3cccnc23)cc2cccc(C#Cc3ccn(C)n3)c2c1=O. The Balaban J connectivity index is 1.69. The molecule has 0 spiro atoms. The second kappa shape index (κ2) is 12.4. The van der Waals surface area contributed by atoms with E-state index in [4.69, 9.17) is 5.73 Å². The van der Waals surface area contributed by atoms with E-state index >= 15 is 0 Å². The summed E-state index contributed by atoms with van der Waals surface area (Å²) in [6.07, 6.45) is 5.06. The van der Waals surface area contributed by atoms with Crippen LogP contribution >= 0.6 is 0 Å². The number of pyridine rings is 1. The van der Waals surface area contributed by atoms with Crippen molar-refractivity contribution in [2.45, 2.75) is 19.9 Å². The molecule has 218 valence electrons. The summed E-state index contributed by atoms with van der Waals surface area (Å²) in [4.78, 5) is 32.4. The van der Waals surface area contributed by atoms with Gasteiger partial charge in [-0.1, -0.05) is 0 Å². The molecule has 5 rings (SSSR count). The van der Waals surface area contributed by atoms with Crippen molar-refractivity contribution >= 4 is 72.6 Å². The molecular weight excluding hydrogens is 558 g/mol. The summed E-state index contributed by atoms with van der Waals surface area (Å²) in [6.45, 7) is 3.86. The van der Waals surface area contributed by atoms with Crippen LogP contribution in [-0.2, 0) is 7.05 Å². The number of aromatic nitrogens is 6. The molecule has 5 aromatic rings. The van der Waals surface area contributed by atoms with Crippen LogP contribution in [0, 0.1) is 11.8 Å². The Bertz CT molecular complexity index is 2210. The van der Waals surface area contributed by atoms with Gasteiger partial charge in [-0.05, 0) is 0 Å². The Morgan fingerprint density at radius 2 is 1.80 bits per heavy atom. The minimum atomic E-state index is -0.634. The van der Waals surface area contributed by atoms with Crippen molar-refractivity contribution in [2.75, 3.05) is 5.73 Å². The summed E-state index contributed by atoms with van der Waals surface area (Å²) >= 11 is 0. The summed E-state index contributed by atoms with van der Waals surface area (Å²) in [6, 6.07) is 10.3. The number of anilines is 1. The van der Waals surface area contributed by atoms with Gasteiger partial charge in [0.2, 0.25) is 0 Å². The molecule has 0 aliphatic rings. The number of nitrogens with zero attached hydrogens (tertiary/aromatic N) is 6. The maximum absolute atomic E-state index is 14.5. The quantitative estimate of drug-likeness (QED) is 0.136. The molecule has 0 saturated carbocycles. The first-order chi connectivity index (χ1) is 21.4. The normalized spacial score (nSPS) is 13.0. The van der Waals surface area contributed by atoms with Crippen molar-refractivity contribution in [3.05, 3.63) is 110 Å². The molecule has 0 aliphatic heterocycles. The van der Waals surface area contributed by atoms with E-state index in [0.717, 1.165) is 21.9 Å². The molecule has 15 heteroatoms. The number of carbonyl (C=O) groups is 1. The summed E-state index contributed by atoms with van der Waals surface area (Å²) in [7, 11) is 14.3. The fourth-order valence-electron chi connectivity index (χ4n) is 5.20. The fraction of sp³-hybridized carbons (Fsp3) is 0.133. The second-order valence-electron chi connectivity index (χ2n) is 11.3. The van der Waals surface area contributed by atoms with E-state index in [1.807, 2.05) is 88.8 Å². The summed E-state index contributed by atoms with van der Waals surface area (Å²) in [5.41, 5.74) is 12.7. The molecule has 1 unspecified atom stereocenters. The van der Waals surface area contributed by atoms with E-state index in [0.29, 0.717) is 39.0 Å². The standard InChI is InChI=1S/C30H31B5N8O2/c1-15(31)23(32)24(33)25(34)26(35)43-20(16(2)38-29(44)22-27(36)40-42-12-5-11-37-28(22)42)14-18-7-4-6-17(21(18)30(43)45)8-9-19-10-13-41(3)39-19/h4-7,10-14,16,35H,31-34H2,1-3H3,(H2,36,40)(H,38,44)/b23-15-,25-24-. The van der Waals surface area contributed by atoms with Gasteiger partial charge in [-0.2, -0.15) is 0 Å². The molecule has 1 amide bonds. The molecule has 0 fully saturated rings. The minimum absolute atomic E-state index is 0.0569. The van der Waals surface area contributed by atoms with Crippen molar-refractivity contribution < 1.29 is 4.79 Å². The average molecular weight is 590 g/mol. The number of carbonyl (C=O) groups excluding carboxylic acids is 1. The van der Waals surface area contributed by atoms with Crippen molar-refractivity contribution in [1.29, 1.82) is 0 Å². The predicted molar refractivity (Wildman–Crippen MR) is 192 cm³/mol. The zero-order valence-corrected chi connectivity index (χ0v) is 26.6. The van der Waals surface area contributed by atoms with Gasteiger partial charge in [0.15, 0.2) is 0 Å². The van der Waals surface area contributed by atoms with E-state index < -0.39 is 11.9 Å². The van der Waals surface area contributed by atoms with Gasteiger partial charge < -0.3 is 0 Å². The Hall–Kier alpha value is -5.24. The second-order valence-corrected chi connectivity index (χ2v) is 11.3. The first kappa shape index (κ1) is 31.2. The first-order valence-electron chi connectivity index (χ1n) is 14.5. The van der Waals surface area contributed by atoms with E-state index in [-0.39, 0.29) is 16.9 Å². The predicted octanol–water partition coefficient (Wildman–Crippen LogP) is -1.89. The van der Waals surface area contributed by atoms with Crippen molar-refractivity contribution in [1.82, 2.24) is 34.3 Å². The number of hydrogen-bond acceptors (Lipinski definition) is 6. The van der Waals surface area contributed by atoms with Crippen LogP contribution in [0.15, 0.2) is 81.7 Å². The number of nitrogen functional groups attached to an aromatic ring is 1. The van der Waals surface area contributed by atoms with E-state index in [2.05, 4.69) is 39.8 Å². The van der Waals surface area contributed by atoms with Crippen LogP contribution in [0.5, 0.6) is 0 Å². The number of nitrogens with two attached hydrogens (primary N) is 1. The first-order valence-corrected chi connectivity index (χ1v) is 14.5. The zero-order chi connectivity index (χ0) is 32.6. The number of nitrogens with one attached hydrogen (secondary N) is 1. The van der Waals surface area contributed by atoms with Gasteiger partial charge in [-0.3, -0.25) is 0 Å². The molecular formula is C30H31B5N8O2. The molecule has 0 bridgehead atoms. The van der Waals surface area contributed by atoms with Crippen LogP contribution in [-0.4, -0.2) is 79.3 Å². The van der Waals surface area contributed by atoms with E-state index in [9.17, 15) is 9.59 Å². The van der Waals surface area contributed by atoms with Gasteiger partial charge in [0, 0.05) is 0 Å². The van der Waals surface area contributed by atoms with Crippen molar-refractivity contribution in [2.24, 2.45) is 7.05 Å². The number of rotatable bonds is 6. The number of fused-ring (bicyclic) bond motifs is 2. The van der Waals surface area contributed by atoms with Crippen LogP contribution in [0.25, 0.3) is 16.4 Å². The van der Waals surface area contributed by atoms with Crippen LogP contribution in [0.4, 0.5) is 5.82 Å². The molecule has 1 atom stereocenters.